The summed E-state index contributed by atoms with van der Waals surface area (Å²) in [5.74, 6) is 0.801. The van der Waals surface area contributed by atoms with Crippen LogP contribution in [0, 0.1) is 0 Å². The first-order valence-corrected chi connectivity index (χ1v) is 6.66. The van der Waals surface area contributed by atoms with Crippen molar-refractivity contribution in [2.75, 3.05) is 25.5 Å². The van der Waals surface area contributed by atoms with Gasteiger partial charge in [-0.1, -0.05) is 33.1 Å². The van der Waals surface area contributed by atoms with Crippen LogP contribution in [0.1, 0.15) is 52.4 Å². The van der Waals surface area contributed by atoms with Crippen molar-refractivity contribution < 1.29 is 0 Å². The van der Waals surface area contributed by atoms with Crippen LogP contribution in [0.5, 0.6) is 0 Å². The highest BCUT2D eigenvalue weighted by Crippen LogP contribution is 2.03. The molecule has 0 rings (SSSR count). The van der Waals surface area contributed by atoms with E-state index >= 15 is 0 Å². The van der Waals surface area contributed by atoms with Crippen LogP contribution in [0.3, 0.4) is 0 Å². The third-order valence-electron chi connectivity index (χ3n) is 2.48. The second-order valence-corrected chi connectivity index (χ2v) is 4.32. The van der Waals surface area contributed by atoms with Gasteiger partial charge in [-0.15, -0.1) is 11.6 Å². The lowest BCUT2D eigenvalue weighted by Gasteiger charge is -2.20. The Balaban J connectivity index is 3.40. The number of nitrogens with zero attached hydrogens (tertiary/aromatic N) is 1. The van der Waals surface area contributed by atoms with Gasteiger partial charge in [-0.2, -0.15) is 0 Å². The van der Waals surface area contributed by atoms with Crippen LogP contribution in [-0.2, 0) is 0 Å². The molecule has 0 saturated heterocycles. The van der Waals surface area contributed by atoms with E-state index < -0.39 is 0 Å². The SMILES string of the molecule is CCCCCCN(CCC)CCCCl. The third-order valence-corrected chi connectivity index (χ3v) is 2.74. The lowest BCUT2D eigenvalue weighted by molar-refractivity contribution is 0.268. The van der Waals surface area contributed by atoms with Crippen molar-refractivity contribution in [2.45, 2.75) is 52.4 Å². The lowest BCUT2D eigenvalue weighted by Crippen LogP contribution is -2.27. The quantitative estimate of drug-likeness (QED) is 0.398. The molecule has 0 fully saturated rings. The maximum absolute atomic E-state index is 5.70. The molecule has 0 aromatic carbocycles. The zero-order chi connectivity index (χ0) is 10.6. The van der Waals surface area contributed by atoms with E-state index in [-0.39, 0.29) is 0 Å². The molecule has 0 aromatic heterocycles. The number of unbranched alkanes of at least 4 members (excludes halogenated alkanes) is 3. The van der Waals surface area contributed by atoms with Crippen LogP contribution in [0.4, 0.5) is 0 Å². The fourth-order valence-electron chi connectivity index (χ4n) is 1.70. The van der Waals surface area contributed by atoms with Gasteiger partial charge in [0.2, 0.25) is 0 Å². The standard InChI is InChI=1S/C12H26ClN/c1-3-5-6-7-11-14(10-4-2)12-8-9-13/h3-12H2,1-2H3. The van der Waals surface area contributed by atoms with Gasteiger partial charge in [0, 0.05) is 5.88 Å². The number of alkyl halides is 1. The molecule has 0 atom stereocenters. The van der Waals surface area contributed by atoms with Crippen molar-refractivity contribution in [3.05, 3.63) is 0 Å². The van der Waals surface area contributed by atoms with Crippen LogP contribution >= 0.6 is 11.6 Å². The predicted octanol–water partition coefficient (Wildman–Crippen LogP) is 3.91. The molecule has 14 heavy (non-hydrogen) atoms. The highest BCUT2D eigenvalue weighted by molar-refractivity contribution is 6.17. The Hall–Kier alpha value is 0.250. The van der Waals surface area contributed by atoms with E-state index in [0.717, 1.165) is 12.3 Å². The Bertz CT molecular complexity index is 106. The van der Waals surface area contributed by atoms with Gasteiger partial charge in [0.15, 0.2) is 0 Å². The fraction of sp³-hybridized carbons (Fsp3) is 1.00. The van der Waals surface area contributed by atoms with Crippen LogP contribution in [0.2, 0.25) is 0 Å². The van der Waals surface area contributed by atoms with Crippen molar-refractivity contribution in [2.24, 2.45) is 0 Å². The molecule has 0 saturated carbocycles. The number of halogens is 1. The molecule has 86 valence electrons. The molecular weight excluding hydrogens is 194 g/mol. The first-order chi connectivity index (χ1) is 6.85. The van der Waals surface area contributed by atoms with E-state index in [2.05, 4.69) is 18.7 Å². The molecule has 0 aromatic rings. The number of rotatable bonds is 10. The highest BCUT2D eigenvalue weighted by Gasteiger charge is 2.02. The summed E-state index contributed by atoms with van der Waals surface area (Å²) in [6.45, 7) is 8.20. The van der Waals surface area contributed by atoms with Gasteiger partial charge in [-0.3, -0.25) is 0 Å². The number of hydrogen-bond acceptors (Lipinski definition) is 1. The molecular formula is C12H26ClN. The number of hydrogen-bond donors (Lipinski definition) is 0. The molecule has 0 aliphatic carbocycles. The van der Waals surface area contributed by atoms with Crippen LogP contribution in [0.15, 0.2) is 0 Å². The molecule has 0 aliphatic rings. The van der Waals surface area contributed by atoms with E-state index in [4.69, 9.17) is 11.6 Å². The summed E-state index contributed by atoms with van der Waals surface area (Å²) in [5.41, 5.74) is 0. The molecule has 0 aliphatic heterocycles. The summed E-state index contributed by atoms with van der Waals surface area (Å²) < 4.78 is 0. The second kappa shape index (κ2) is 11.3. The van der Waals surface area contributed by atoms with Gasteiger partial charge in [0.1, 0.15) is 0 Å². The fourth-order valence-corrected chi connectivity index (χ4v) is 1.82. The van der Waals surface area contributed by atoms with Gasteiger partial charge in [-0.25, -0.2) is 0 Å². The van der Waals surface area contributed by atoms with E-state index in [9.17, 15) is 0 Å². The Morgan fingerprint density at radius 2 is 1.50 bits per heavy atom. The molecule has 0 radical (unpaired) electrons. The highest BCUT2D eigenvalue weighted by atomic mass is 35.5. The molecule has 2 heteroatoms. The monoisotopic (exact) mass is 219 g/mol. The molecule has 0 bridgehead atoms. The largest absolute Gasteiger partial charge is 0.303 e. The summed E-state index contributed by atoms with van der Waals surface area (Å²) in [6.07, 6.45) is 7.85. The van der Waals surface area contributed by atoms with Crippen molar-refractivity contribution in [1.82, 2.24) is 4.90 Å². The summed E-state index contributed by atoms with van der Waals surface area (Å²) in [5, 5.41) is 0. The van der Waals surface area contributed by atoms with Crippen LogP contribution < -0.4 is 0 Å². The average Bonchev–Trinajstić information content (AvgIpc) is 2.20. The average molecular weight is 220 g/mol. The zero-order valence-corrected chi connectivity index (χ0v) is 10.7. The Kier molecular flexibility index (Phi) is 11.5. The Morgan fingerprint density at radius 1 is 0.786 bits per heavy atom. The minimum Gasteiger partial charge on any atom is -0.303 e. The third kappa shape index (κ3) is 8.83. The van der Waals surface area contributed by atoms with Crippen molar-refractivity contribution in [3.63, 3.8) is 0 Å². The Labute approximate surface area is 94.8 Å². The minimum atomic E-state index is 0.801. The summed E-state index contributed by atoms with van der Waals surface area (Å²) in [7, 11) is 0. The van der Waals surface area contributed by atoms with E-state index in [1.54, 1.807) is 0 Å². The topological polar surface area (TPSA) is 3.24 Å². The molecule has 0 unspecified atom stereocenters. The van der Waals surface area contributed by atoms with E-state index in [1.165, 1.54) is 51.7 Å². The molecule has 0 N–H and O–H groups in total. The second-order valence-electron chi connectivity index (χ2n) is 3.94. The first-order valence-electron chi connectivity index (χ1n) is 6.13. The molecule has 1 nitrogen and oxygen atoms in total. The van der Waals surface area contributed by atoms with Gasteiger partial charge in [-0.05, 0) is 38.9 Å². The lowest BCUT2D eigenvalue weighted by atomic mass is 10.2. The van der Waals surface area contributed by atoms with Crippen molar-refractivity contribution >= 4 is 11.6 Å². The smallest absolute Gasteiger partial charge is 0.0235 e. The normalized spacial score (nSPS) is 11.1. The van der Waals surface area contributed by atoms with E-state index in [1.807, 2.05) is 0 Å². The van der Waals surface area contributed by atoms with Gasteiger partial charge in [0.05, 0.1) is 0 Å². The van der Waals surface area contributed by atoms with Crippen LogP contribution in [0.25, 0.3) is 0 Å². The maximum atomic E-state index is 5.70. The van der Waals surface area contributed by atoms with Crippen molar-refractivity contribution in [3.8, 4) is 0 Å². The molecule has 0 amide bonds. The van der Waals surface area contributed by atoms with E-state index in [0.29, 0.717) is 0 Å². The summed E-state index contributed by atoms with van der Waals surface area (Å²) >= 11 is 5.70. The van der Waals surface area contributed by atoms with Gasteiger partial charge >= 0.3 is 0 Å². The predicted molar refractivity (Wildman–Crippen MR) is 66.2 cm³/mol. The minimum absolute atomic E-state index is 0.801. The summed E-state index contributed by atoms with van der Waals surface area (Å²) in [6, 6.07) is 0. The first kappa shape index (κ1) is 14.2. The van der Waals surface area contributed by atoms with Crippen LogP contribution in [-0.4, -0.2) is 30.4 Å². The van der Waals surface area contributed by atoms with Crippen molar-refractivity contribution in [1.29, 1.82) is 0 Å². The molecule has 0 spiro atoms. The maximum Gasteiger partial charge on any atom is 0.0235 e. The Morgan fingerprint density at radius 3 is 2.07 bits per heavy atom. The zero-order valence-electron chi connectivity index (χ0n) is 9.90. The van der Waals surface area contributed by atoms with Gasteiger partial charge in [0.25, 0.3) is 0 Å². The summed E-state index contributed by atoms with van der Waals surface area (Å²) in [4.78, 5) is 2.55. The molecule has 0 heterocycles. The van der Waals surface area contributed by atoms with Gasteiger partial charge < -0.3 is 4.90 Å².